The molecular formula is C30H23N5OS2. The molecule has 0 aliphatic carbocycles. The summed E-state index contributed by atoms with van der Waals surface area (Å²) in [5.74, 6) is 0.424. The molecule has 0 saturated carbocycles. The van der Waals surface area contributed by atoms with E-state index in [0.717, 1.165) is 38.7 Å². The van der Waals surface area contributed by atoms with Gasteiger partial charge in [0.1, 0.15) is 28.5 Å². The summed E-state index contributed by atoms with van der Waals surface area (Å²) in [5, 5.41) is 20.3. The van der Waals surface area contributed by atoms with E-state index >= 15 is 0 Å². The molecule has 8 heteroatoms. The minimum atomic E-state index is -0.0480. The molecule has 3 aromatic carbocycles. The molecule has 2 heterocycles. The van der Waals surface area contributed by atoms with Crippen molar-refractivity contribution in [3.8, 4) is 23.3 Å². The molecule has 0 spiro atoms. The molecule has 0 radical (unpaired) electrons. The molecule has 5 rings (SSSR count). The Bertz CT molecular complexity index is 1570. The van der Waals surface area contributed by atoms with Gasteiger partial charge in [-0.3, -0.25) is 9.69 Å². The Labute approximate surface area is 230 Å². The van der Waals surface area contributed by atoms with E-state index in [9.17, 15) is 15.3 Å². The topological polar surface area (TPSA) is 107 Å². The Balaban J connectivity index is 1.42. The van der Waals surface area contributed by atoms with Crippen LogP contribution in [0.1, 0.15) is 30.0 Å². The molecule has 0 saturated heterocycles. The van der Waals surface area contributed by atoms with Crippen molar-refractivity contribution >= 4 is 46.6 Å². The number of benzene rings is 3. The Kier molecular flexibility index (Phi) is 7.37. The smallest absolute Gasteiger partial charge is 0.232 e. The highest BCUT2D eigenvalue weighted by Crippen LogP contribution is 2.48. The van der Waals surface area contributed by atoms with Gasteiger partial charge in [0.15, 0.2) is 0 Å². The Hall–Kier alpha value is -4.24. The third-order valence-electron chi connectivity index (χ3n) is 6.30. The van der Waals surface area contributed by atoms with E-state index in [2.05, 4.69) is 24.0 Å². The van der Waals surface area contributed by atoms with E-state index in [0.29, 0.717) is 21.9 Å². The molecule has 6 nitrogen and oxygen atoms in total. The van der Waals surface area contributed by atoms with Crippen LogP contribution in [0.25, 0.3) is 11.1 Å². The molecule has 1 aromatic heterocycles. The van der Waals surface area contributed by atoms with E-state index < -0.39 is 0 Å². The van der Waals surface area contributed by atoms with Gasteiger partial charge in [0.2, 0.25) is 5.91 Å². The number of fused-ring (bicyclic) bond motifs is 2. The van der Waals surface area contributed by atoms with Crippen molar-refractivity contribution in [2.75, 3.05) is 16.4 Å². The molecule has 186 valence electrons. The number of nitrogen functional groups attached to an aromatic ring is 1. The number of anilines is 3. The quantitative estimate of drug-likeness (QED) is 0.267. The lowest BCUT2D eigenvalue weighted by atomic mass is 9.96. The molecular weight excluding hydrogens is 510 g/mol. The number of amides is 1. The molecule has 4 aromatic rings. The molecule has 0 atom stereocenters. The van der Waals surface area contributed by atoms with Crippen molar-refractivity contribution in [1.82, 2.24) is 4.98 Å². The maximum Gasteiger partial charge on any atom is 0.232 e. The second-order valence-corrected chi connectivity index (χ2v) is 10.7. The van der Waals surface area contributed by atoms with Crippen LogP contribution in [0.3, 0.4) is 0 Å². The Morgan fingerprint density at radius 2 is 1.55 bits per heavy atom. The number of thioether (sulfide) groups is 1. The number of hydrogen-bond acceptors (Lipinski definition) is 7. The minimum absolute atomic E-state index is 0.0480. The summed E-state index contributed by atoms with van der Waals surface area (Å²) in [6.07, 6.45) is 1.11. The highest BCUT2D eigenvalue weighted by molar-refractivity contribution is 7.99. The average molecular weight is 534 g/mol. The lowest BCUT2D eigenvalue weighted by Gasteiger charge is -2.31. The molecule has 2 N–H and O–H groups in total. The zero-order valence-electron chi connectivity index (χ0n) is 20.6. The average Bonchev–Trinajstić information content (AvgIpc) is 2.95. The summed E-state index contributed by atoms with van der Waals surface area (Å²) in [5.41, 5.74) is 10.7. The molecule has 1 amide bonds. The van der Waals surface area contributed by atoms with Crippen LogP contribution in [0.2, 0.25) is 0 Å². The van der Waals surface area contributed by atoms with Gasteiger partial charge in [-0.15, -0.1) is 11.8 Å². The maximum absolute atomic E-state index is 13.5. The van der Waals surface area contributed by atoms with Crippen molar-refractivity contribution in [1.29, 1.82) is 10.5 Å². The summed E-state index contributed by atoms with van der Waals surface area (Å²) in [4.78, 5) is 21.7. The van der Waals surface area contributed by atoms with Crippen LogP contribution in [0.4, 0.5) is 17.2 Å². The number of nitriles is 2. The number of rotatable bonds is 6. The first-order valence-electron chi connectivity index (χ1n) is 12.1. The molecule has 0 unspecified atom stereocenters. The van der Waals surface area contributed by atoms with Crippen LogP contribution in [-0.2, 0) is 11.2 Å². The number of para-hydroxylation sites is 2. The van der Waals surface area contributed by atoms with Crippen molar-refractivity contribution in [3.05, 3.63) is 89.5 Å². The summed E-state index contributed by atoms with van der Waals surface area (Å²) in [7, 11) is 0. The Morgan fingerprint density at radius 3 is 2.13 bits per heavy atom. The number of aromatic nitrogens is 1. The van der Waals surface area contributed by atoms with Crippen LogP contribution in [0.15, 0.2) is 87.6 Å². The van der Waals surface area contributed by atoms with Gasteiger partial charge in [0.25, 0.3) is 0 Å². The molecule has 1 aliphatic rings. The second kappa shape index (κ2) is 11.0. The van der Waals surface area contributed by atoms with E-state index in [1.165, 1.54) is 11.8 Å². The normalized spacial score (nSPS) is 11.7. The van der Waals surface area contributed by atoms with Crippen molar-refractivity contribution in [3.63, 3.8) is 0 Å². The SMILES string of the molecule is CCc1ccc(-c2c(C#N)c(N)nc(SCCC(=O)N3c4ccccc4Sc4ccccc43)c2C#N)cc1. The van der Waals surface area contributed by atoms with Gasteiger partial charge >= 0.3 is 0 Å². The van der Waals surface area contributed by atoms with E-state index in [1.54, 1.807) is 16.7 Å². The van der Waals surface area contributed by atoms with Gasteiger partial charge in [-0.2, -0.15) is 10.5 Å². The van der Waals surface area contributed by atoms with Crippen LogP contribution in [0.5, 0.6) is 0 Å². The van der Waals surface area contributed by atoms with Crippen molar-refractivity contribution < 1.29 is 4.79 Å². The lowest BCUT2D eigenvalue weighted by Crippen LogP contribution is -2.28. The Morgan fingerprint density at radius 1 is 0.947 bits per heavy atom. The second-order valence-electron chi connectivity index (χ2n) is 8.57. The van der Waals surface area contributed by atoms with Gasteiger partial charge in [-0.05, 0) is 41.8 Å². The number of aryl methyl sites for hydroxylation is 1. The van der Waals surface area contributed by atoms with Gasteiger partial charge in [-0.25, -0.2) is 4.98 Å². The third kappa shape index (κ3) is 4.72. The van der Waals surface area contributed by atoms with Gasteiger partial charge in [0.05, 0.1) is 16.9 Å². The monoisotopic (exact) mass is 533 g/mol. The standard InChI is InChI=1S/C30H23N5OS2/c1-2-19-11-13-20(14-12-19)28-21(17-31)29(33)34-30(22(28)18-32)37-16-15-27(36)35-23-7-3-5-9-25(23)38-26-10-6-4-8-24(26)35/h3-14H,2,15-16H2,1H3,(H2,33,34). The predicted octanol–water partition coefficient (Wildman–Crippen LogP) is 6.95. The number of nitrogens with zero attached hydrogens (tertiary/aromatic N) is 4. The number of pyridine rings is 1. The number of nitrogens with two attached hydrogens (primary N) is 1. The number of hydrogen-bond donors (Lipinski definition) is 1. The van der Waals surface area contributed by atoms with Gasteiger partial charge < -0.3 is 5.73 Å². The van der Waals surface area contributed by atoms with Crippen molar-refractivity contribution in [2.45, 2.75) is 34.6 Å². The highest BCUT2D eigenvalue weighted by atomic mass is 32.2. The van der Waals surface area contributed by atoms with E-state index in [4.69, 9.17) is 5.73 Å². The number of carbonyl (C=O) groups is 1. The van der Waals surface area contributed by atoms with E-state index in [-0.39, 0.29) is 23.7 Å². The maximum atomic E-state index is 13.5. The van der Waals surface area contributed by atoms with E-state index in [1.807, 2.05) is 72.8 Å². The summed E-state index contributed by atoms with van der Waals surface area (Å²) < 4.78 is 0. The molecule has 0 fully saturated rings. The van der Waals surface area contributed by atoms with Crippen LogP contribution < -0.4 is 10.6 Å². The minimum Gasteiger partial charge on any atom is -0.383 e. The fraction of sp³-hybridized carbons (Fsp3) is 0.133. The first-order chi connectivity index (χ1) is 18.5. The summed E-state index contributed by atoms with van der Waals surface area (Å²) in [6, 6.07) is 27.8. The zero-order chi connectivity index (χ0) is 26.6. The summed E-state index contributed by atoms with van der Waals surface area (Å²) >= 11 is 2.95. The molecule has 0 bridgehead atoms. The van der Waals surface area contributed by atoms with Crippen LogP contribution in [0, 0.1) is 22.7 Å². The van der Waals surface area contributed by atoms with Crippen LogP contribution in [-0.4, -0.2) is 16.6 Å². The van der Waals surface area contributed by atoms with Crippen LogP contribution >= 0.6 is 23.5 Å². The first-order valence-corrected chi connectivity index (χ1v) is 13.9. The van der Waals surface area contributed by atoms with Gasteiger partial charge in [0, 0.05) is 27.5 Å². The molecule has 38 heavy (non-hydrogen) atoms. The number of carbonyl (C=O) groups excluding carboxylic acids is 1. The van der Waals surface area contributed by atoms with Gasteiger partial charge in [-0.1, -0.05) is 67.2 Å². The van der Waals surface area contributed by atoms with Crippen molar-refractivity contribution in [2.24, 2.45) is 0 Å². The fourth-order valence-corrected chi connectivity index (χ4v) is 6.40. The largest absolute Gasteiger partial charge is 0.383 e. The first kappa shape index (κ1) is 25.4. The summed E-state index contributed by atoms with van der Waals surface area (Å²) in [6.45, 7) is 2.07. The zero-order valence-corrected chi connectivity index (χ0v) is 22.3. The fourth-order valence-electron chi connectivity index (χ4n) is 4.42. The third-order valence-corrected chi connectivity index (χ3v) is 8.41. The molecule has 1 aliphatic heterocycles. The predicted molar refractivity (Wildman–Crippen MR) is 152 cm³/mol. The highest BCUT2D eigenvalue weighted by Gasteiger charge is 2.28. The lowest BCUT2D eigenvalue weighted by molar-refractivity contribution is -0.117.